The van der Waals surface area contributed by atoms with Gasteiger partial charge in [0.1, 0.15) is 0 Å². The van der Waals surface area contributed by atoms with E-state index in [0.29, 0.717) is 5.56 Å². The van der Waals surface area contributed by atoms with E-state index in [1.165, 1.54) is 19.2 Å². The van der Waals surface area contributed by atoms with Crippen molar-refractivity contribution in [3.63, 3.8) is 0 Å². The van der Waals surface area contributed by atoms with Gasteiger partial charge in [0.15, 0.2) is 5.78 Å². The van der Waals surface area contributed by atoms with Crippen LogP contribution < -0.4 is 4.84 Å². The molecule has 6 heteroatoms. The van der Waals surface area contributed by atoms with E-state index >= 15 is 0 Å². The van der Waals surface area contributed by atoms with Gasteiger partial charge < -0.3 is 4.90 Å². The SMILES string of the molecule is CC(=O)C=Cc1cnn(OC(=O)N2CCCC2)c1. The Hall–Kier alpha value is -2.11. The van der Waals surface area contributed by atoms with Crippen molar-refractivity contribution in [3.05, 3.63) is 24.0 Å². The Labute approximate surface area is 105 Å². The number of allylic oxidation sites excluding steroid dienone is 1. The van der Waals surface area contributed by atoms with Crippen LogP contribution in [0.15, 0.2) is 18.5 Å². The zero-order chi connectivity index (χ0) is 13.0. The normalized spacial score (nSPS) is 15.3. The van der Waals surface area contributed by atoms with Gasteiger partial charge in [-0.15, -0.1) is 5.10 Å². The topological polar surface area (TPSA) is 64.4 Å². The van der Waals surface area contributed by atoms with Gasteiger partial charge in [-0.3, -0.25) is 9.63 Å². The molecule has 0 aliphatic carbocycles. The molecule has 0 spiro atoms. The molecule has 1 aliphatic rings. The maximum atomic E-state index is 11.7. The molecule has 6 nitrogen and oxygen atoms in total. The molecule has 2 heterocycles. The first-order chi connectivity index (χ1) is 8.65. The zero-order valence-electron chi connectivity index (χ0n) is 10.2. The van der Waals surface area contributed by atoms with Crippen molar-refractivity contribution in [3.8, 4) is 0 Å². The van der Waals surface area contributed by atoms with E-state index in [-0.39, 0.29) is 5.78 Å². The molecule has 18 heavy (non-hydrogen) atoms. The molecular weight excluding hydrogens is 234 g/mol. The Bertz CT molecular complexity index is 473. The number of carbonyl (C=O) groups excluding carboxylic acids is 2. The van der Waals surface area contributed by atoms with Gasteiger partial charge in [0.25, 0.3) is 0 Å². The largest absolute Gasteiger partial charge is 0.435 e. The van der Waals surface area contributed by atoms with E-state index in [1.807, 2.05) is 0 Å². The van der Waals surface area contributed by atoms with Gasteiger partial charge >= 0.3 is 6.09 Å². The van der Waals surface area contributed by atoms with Crippen molar-refractivity contribution in [2.75, 3.05) is 13.1 Å². The predicted octanol–water partition coefficient (Wildman–Crippen LogP) is 1.13. The van der Waals surface area contributed by atoms with Crippen LogP contribution in [0.1, 0.15) is 25.3 Å². The molecule has 0 saturated carbocycles. The first kappa shape index (κ1) is 12.3. The molecule has 0 atom stereocenters. The lowest BCUT2D eigenvalue weighted by Gasteiger charge is -2.13. The summed E-state index contributed by atoms with van der Waals surface area (Å²) in [6.45, 7) is 2.93. The molecule has 0 aromatic carbocycles. The molecule has 1 fully saturated rings. The van der Waals surface area contributed by atoms with E-state index in [4.69, 9.17) is 4.84 Å². The van der Waals surface area contributed by atoms with Gasteiger partial charge in [-0.25, -0.2) is 4.79 Å². The van der Waals surface area contributed by atoms with E-state index in [1.54, 1.807) is 17.2 Å². The van der Waals surface area contributed by atoms with Gasteiger partial charge in [0.2, 0.25) is 0 Å². The summed E-state index contributed by atoms with van der Waals surface area (Å²) in [6.07, 6.45) is 7.77. The molecule has 1 aromatic rings. The lowest BCUT2D eigenvalue weighted by atomic mass is 10.3. The number of hydrogen-bond acceptors (Lipinski definition) is 4. The molecule has 1 amide bonds. The highest BCUT2D eigenvalue weighted by atomic mass is 16.7. The molecule has 0 bridgehead atoms. The average Bonchev–Trinajstić information content (AvgIpc) is 2.97. The van der Waals surface area contributed by atoms with Crippen molar-refractivity contribution in [2.45, 2.75) is 19.8 Å². The van der Waals surface area contributed by atoms with E-state index < -0.39 is 6.09 Å². The standard InChI is InChI=1S/C12H15N3O3/c1-10(16)4-5-11-8-13-15(9-11)18-12(17)14-6-2-3-7-14/h4-5,8-9H,2-3,6-7H2,1H3. The molecule has 0 N–H and O–H groups in total. The molecule has 1 aliphatic heterocycles. The van der Waals surface area contributed by atoms with Crippen LogP contribution in [0, 0.1) is 0 Å². The van der Waals surface area contributed by atoms with Gasteiger partial charge in [-0.2, -0.15) is 0 Å². The van der Waals surface area contributed by atoms with E-state index in [0.717, 1.165) is 30.8 Å². The molecular formula is C12H15N3O3. The fourth-order valence-corrected chi connectivity index (χ4v) is 1.70. The van der Waals surface area contributed by atoms with Crippen LogP contribution in [-0.4, -0.2) is 39.8 Å². The quantitative estimate of drug-likeness (QED) is 0.753. The first-order valence-corrected chi connectivity index (χ1v) is 5.86. The smallest absolute Gasteiger partial charge is 0.306 e. The highest BCUT2D eigenvalue weighted by Crippen LogP contribution is 2.08. The molecule has 1 saturated heterocycles. The Morgan fingerprint density at radius 1 is 1.39 bits per heavy atom. The van der Waals surface area contributed by atoms with Crippen molar-refractivity contribution in [2.24, 2.45) is 0 Å². The molecule has 0 unspecified atom stereocenters. The summed E-state index contributed by atoms with van der Waals surface area (Å²) >= 11 is 0. The number of amides is 1. The Balaban J connectivity index is 1.93. The summed E-state index contributed by atoms with van der Waals surface area (Å²) in [5.41, 5.74) is 0.708. The second-order valence-corrected chi connectivity index (χ2v) is 4.17. The molecule has 2 rings (SSSR count). The Morgan fingerprint density at radius 2 is 2.11 bits per heavy atom. The van der Waals surface area contributed by atoms with Crippen LogP contribution in [0.5, 0.6) is 0 Å². The third-order valence-corrected chi connectivity index (χ3v) is 2.63. The van der Waals surface area contributed by atoms with Crippen molar-refractivity contribution in [1.29, 1.82) is 0 Å². The lowest BCUT2D eigenvalue weighted by Crippen LogP contribution is -2.34. The minimum absolute atomic E-state index is 0.0446. The van der Waals surface area contributed by atoms with Gasteiger partial charge in [-0.1, -0.05) is 4.85 Å². The number of nitrogens with zero attached hydrogens (tertiary/aromatic N) is 3. The average molecular weight is 249 g/mol. The van der Waals surface area contributed by atoms with Crippen LogP contribution in [0.3, 0.4) is 0 Å². The fourth-order valence-electron chi connectivity index (χ4n) is 1.70. The monoisotopic (exact) mass is 249 g/mol. The Morgan fingerprint density at radius 3 is 2.78 bits per heavy atom. The number of hydrogen-bond donors (Lipinski definition) is 0. The number of rotatable bonds is 3. The van der Waals surface area contributed by atoms with Crippen LogP contribution in [-0.2, 0) is 4.79 Å². The number of likely N-dealkylation sites (tertiary alicyclic amines) is 1. The summed E-state index contributed by atoms with van der Waals surface area (Å²) in [4.78, 5) is 30.2. The van der Waals surface area contributed by atoms with Crippen LogP contribution >= 0.6 is 0 Å². The summed E-state index contributed by atoms with van der Waals surface area (Å²) in [5.74, 6) is -0.0446. The number of ketones is 1. The lowest BCUT2D eigenvalue weighted by molar-refractivity contribution is -0.112. The van der Waals surface area contributed by atoms with Crippen LogP contribution in [0.25, 0.3) is 6.08 Å². The van der Waals surface area contributed by atoms with E-state index in [9.17, 15) is 9.59 Å². The summed E-state index contributed by atoms with van der Waals surface area (Å²) in [6, 6.07) is 0. The molecule has 0 radical (unpaired) electrons. The summed E-state index contributed by atoms with van der Waals surface area (Å²) in [5, 5.41) is 3.89. The zero-order valence-corrected chi connectivity index (χ0v) is 10.2. The van der Waals surface area contributed by atoms with Crippen molar-refractivity contribution >= 4 is 18.0 Å². The minimum Gasteiger partial charge on any atom is -0.306 e. The molecule has 96 valence electrons. The van der Waals surface area contributed by atoms with Gasteiger partial charge in [-0.05, 0) is 31.9 Å². The highest BCUT2D eigenvalue weighted by molar-refractivity contribution is 5.91. The van der Waals surface area contributed by atoms with Gasteiger partial charge in [0.05, 0.1) is 12.4 Å². The molecule has 1 aromatic heterocycles. The third kappa shape index (κ3) is 3.19. The summed E-state index contributed by atoms with van der Waals surface area (Å²) < 4.78 is 0. The van der Waals surface area contributed by atoms with Gasteiger partial charge in [0, 0.05) is 18.7 Å². The first-order valence-electron chi connectivity index (χ1n) is 5.86. The fraction of sp³-hybridized carbons (Fsp3) is 0.417. The van der Waals surface area contributed by atoms with Crippen LogP contribution in [0.4, 0.5) is 4.79 Å². The second kappa shape index (κ2) is 5.48. The Kier molecular flexibility index (Phi) is 3.76. The minimum atomic E-state index is -0.391. The van der Waals surface area contributed by atoms with Crippen LogP contribution in [0.2, 0.25) is 0 Å². The maximum Gasteiger partial charge on any atom is 0.435 e. The van der Waals surface area contributed by atoms with Crippen molar-refractivity contribution < 1.29 is 14.4 Å². The summed E-state index contributed by atoms with van der Waals surface area (Å²) in [7, 11) is 0. The third-order valence-electron chi connectivity index (χ3n) is 2.63. The predicted molar refractivity (Wildman–Crippen MR) is 64.7 cm³/mol. The maximum absolute atomic E-state index is 11.7. The highest BCUT2D eigenvalue weighted by Gasteiger charge is 2.20. The van der Waals surface area contributed by atoms with Crippen molar-refractivity contribution in [1.82, 2.24) is 14.8 Å². The second-order valence-electron chi connectivity index (χ2n) is 4.17. The van der Waals surface area contributed by atoms with E-state index in [2.05, 4.69) is 5.10 Å². The number of carbonyl (C=O) groups is 2. The number of aromatic nitrogens is 2.